The Labute approximate surface area is 144 Å². The van der Waals surface area contributed by atoms with Gasteiger partial charge >= 0.3 is 0 Å². The Balaban J connectivity index is 1.78. The van der Waals surface area contributed by atoms with Gasteiger partial charge in [-0.1, -0.05) is 6.07 Å². The molecule has 0 unspecified atom stereocenters. The number of benzene rings is 1. The lowest BCUT2D eigenvalue weighted by atomic mass is 10.2. The number of rotatable bonds is 5. The van der Waals surface area contributed by atoms with Gasteiger partial charge in [-0.3, -0.25) is 9.78 Å². The number of carbonyl (C=O) groups is 1. The van der Waals surface area contributed by atoms with Crippen molar-refractivity contribution in [2.24, 2.45) is 10.2 Å². The Morgan fingerprint density at radius 1 is 1.08 bits per heavy atom. The molecule has 0 aliphatic rings. The first-order chi connectivity index (χ1) is 12.3. The number of pyridine rings is 2. The van der Waals surface area contributed by atoms with Crippen LogP contribution in [0.5, 0.6) is 5.75 Å². The molecule has 1 aromatic carbocycles. The standard InChI is InChI=1S/C18H15N5O2/c1-25-16-11-14(22-23-17-6-2-3-10-20-17)7-8-15(16)21-18(24)13-5-4-9-19-12-13/h2-12H,1H3,(H,21,24)/b23-22+. The van der Waals surface area contributed by atoms with E-state index in [1.807, 2.05) is 12.1 Å². The van der Waals surface area contributed by atoms with Crippen LogP contribution in [0.4, 0.5) is 17.2 Å². The van der Waals surface area contributed by atoms with Crippen molar-refractivity contribution in [2.45, 2.75) is 0 Å². The molecule has 124 valence electrons. The number of nitrogens with one attached hydrogen (secondary N) is 1. The summed E-state index contributed by atoms with van der Waals surface area (Å²) in [6.07, 6.45) is 4.75. The van der Waals surface area contributed by atoms with Crippen molar-refractivity contribution in [2.75, 3.05) is 12.4 Å². The van der Waals surface area contributed by atoms with Crippen LogP contribution in [0.1, 0.15) is 10.4 Å². The number of anilines is 1. The molecule has 3 rings (SSSR count). The van der Waals surface area contributed by atoms with Gasteiger partial charge in [0.15, 0.2) is 5.82 Å². The summed E-state index contributed by atoms with van der Waals surface area (Å²) in [5, 5.41) is 11.0. The van der Waals surface area contributed by atoms with Crippen molar-refractivity contribution in [1.29, 1.82) is 0 Å². The van der Waals surface area contributed by atoms with Gasteiger partial charge < -0.3 is 10.1 Å². The normalized spacial score (nSPS) is 10.6. The molecule has 1 N–H and O–H groups in total. The molecule has 0 spiro atoms. The average Bonchev–Trinajstić information content (AvgIpc) is 2.68. The minimum absolute atomic E-state index is 0.269. The number of nitrogens with zero attached hydrogens (tertiary/aromatic N) is 4. The number of hydrogen-bond donors (Lipinski definition) is 1. The molecule has 3 aromatic rings. The zero-order chi connectivity index (χ0) is 17.5. The zero-order valence-electron chi connectivity index (χ0n) is 13.5. The highest BCUT2D eigenvalue weighted by atomic mass is 16.5. The average molecular weight is 333 g/mol. The number of aromatic nitrogens is 2. The SMILES string of the molecule is COc1cc(/N=N/c2ccccn2)ccc1NC(=O)c1cccnc1. The van der Waals surface area contributed by atoms with Crippen molar-refractivity contribution in [3.05, 3.63) is 72.7 Å². The van der Waals surface area contributed by atoms with E-state index >= 15 is 0 Å². The Hall–Kier alpha value is -3.61. The highest BCUT2D eigenvalue weighted by Crippen LogP contribution is 2.30. The summed E-state index contributed by atoms with van der Waals surface area (Å²) in [6.45, 7) is 0. The molecule has 0 fully saturated rings. The lowest BCUT2D eigenvalue weighted by Crippen LogP contribution is -2.12. The molecule has 0 bridgehead atoms. The van der Waals surface area contributed by atoms with Crippen LogP contribution in [0.3, 0.4) is 0 Å². The van der Waals surface area contributed by atoms with Gasteiger partial charge in [-0.2, -0.15) is 0 Å². The number of azo groups is 1. The summed E-state index contributed by atoms with van der Waals surface area (Å²) in [4.78, 5) is 20.2. The first-order valence-corrected chi connectivity index (χ1v) is 7.48. The molecule has 0 atom stereocenters. The van der Waals surface area contributed by atoms with E-state index in [4.69, 9.17) is 4.74 Å². The summed E-state index contributed by atoms with van der Waals surface area (Å²) in [6, 6.07) is 13.9. The van der Waals surface area contributed by atoms with E-state index in [1.165, 1.54) is 13.3 Å². The van der Waals surface area contributed by atoms with E-state index in [9.17, 15) is 4.79 Å². The second-order valence-electron chi connectivity index (χ2n) is 4.97. The Kier molecular flexibility index (Phi) is 5.06. The molecule has 7 heteroatoms. The number of carbonyl (C=O) groups excluding carboxylic acids is 1. The second kappa shape index (κ2) is 7.78. The molecule has 0 aliphatic carbocycles. The van der Waals surface area contributed by atoms with Crippen molar-refractivity contribution in [3.63, 3.8) is 0 Å². The molecule has 0 saturated carbocycles. The third-order valence-corrected chi connectivity index (χ3v) is 3.27. The van der Waals surface area contributed by atoms with Gasteiger partial charge in [-0.05, 0) is 36.4 Å². The molecule has 1 amide bonds. The minimum Gasteiger partial charge on any atom is -0.494 e. The molecular weight excluding hydrogens is 318 g/mol. The van der Waals surface area contributed by atoms with E-state index in [2.05, 4.69) is 25.5 Å². The fraction of sp³-hybridized carbons (Fsp3) is 0.0556. The first-order valence-electron chi connectivity index (χ1n) is 7.48. The van der Waals surface area contributed by atoms with Gasteiger partial charge in [-0.25, -0.2) is 4.98 Å². The Morgan fingerprint density at radius 3 is 2.72 bits per heavy atom. The van der Waals surface area contributed by atoms with Crippen LogP contribution in [0, 0.1) is 0 Å². The molecule has 25 heavy (non-hydrogen) atoms. The summed E-state index contributed by atoms with van der Waals surface area (Å²) < 4.78 is 5.33. The minimum atomic E-state index is -0.269. The molecule has 0 saturated heterocycles. The van der Waals surface area contributed by atoms with Crippen molar-refractivity contribution >= 4 is 23.1 Å². The Bertz CT molecular complexity index is 882. The predicted molar refractivity (Wildman–Crippen MR) is 93.6 cm³/mol. The van der Waals surface area contributed by atoms with E-state index in [0.29, 0.717) is 28.5 Å². The number of hydrogen-bond acceptors (Lipinski definition) is 6. The van der Waals surface area contributed by atoms with Gasteiger partial charge in [0.1, 0.15) is 5.75 Å². The summed E-state index contributed by atoms with van der Waals surface area (Å²) in [7, 11) is 1.52. The van der Waals surface area contributed by atoms with Gasteiger partial charge in [0, 0.05) is 24.7 Å². The number of amides is 1. The lowest BCUT2D eigenvalue weighted by Gasteiger charge is -2.10. The fourth-order valence-corrected chi connectivity index (χ4v) is 2.06. The predicted octanol–water partition coefficient (Wildman–Crippen LogP) is 4.15. The number of methoxy groups -OCH3 is 1. The molecule has 0 aliphatic heterocycles. The highest BCUT2D eigenvalue weighted by molar-refractivity contribution is 6.04. The largest absolute Gasteiger partial charge is 0.494 e. The summed E-state index contributed by atoms with van der Waals surface area (Å²) in [5.74, 6) is 0.722. The molecule has 2 heterocycles. The maximum absolute atomic E-state index is 12.2. The van der Waals surface area contributed by atoms with Crippen molar-refractivity contribution in [1.82, 2.24) is 9.97 Å². The third-order valence-electron chi connectivity index (χ3n) is 3.27. The molecular formula is C18H15N5O2. The monoisotopic (exact) mass is 333 g/mol. The van der Waals surface area contributed by atoms with E-state index in [1.54, 1.807) is 48.8 Å². The van der Waals surface area contributed by atoms with Gasteiger partial charge in [0.05, 0.1) is 24.0 Å². The van der Waals surface area contributed by atoms with Crippen LogP contribution in [-0.2, 0) is 0 Å². The van der Waals surface area contributed by atoms with Crippen LogP contribution in [0.15, 0.2) is 77.3 Å². The van der Waals surface area contributed by atoms with E-state index in [0.717, 1.165) is 0 Å². The summed E-state index contributed by atoms with van der Waals surface area (Å²) in [5.41, 5.74) is 1.58. The Morgan fingerprint density at radius 2 is 2.00 bits per heavy atom. The van der Waals surface area contributed by atoms with Crippen LogP contribution >= 0.6 is 0 Å². The maximum Gasteiger partial charge on any atom is 0.257 e. The zero-order valence-corrected chi connectivity index (χ0v) is 13.5. The fourth-order valence-electron chi connectivity index (χ4n) is 2.06. The van der Waals surface area contributed by atoms with Crippen LogP contribution in [-0.4, -0.2) is 23.0 Å². The second-order valence-corrected chi connectivity index (χ2v) is 4.97. The third kappa shape index (κ3) is 4.23. The van der Waals surface area contributed by atoms with Crippen molar-refractivity contribution in [3.8, 4) is 5.75 Å². The summed E-state index contributed by atoms with van der Waals surface area (Å²) >= 11 is 0. The van der Waals surface area contributed by atoms with E-state index < -0.39 is 0 Å². The molecule has 7 nitrogen and oxygen atoms in total. The van der Waals surface area contributed by atoms with Crippen LogP contribution < -0.4 is 10.1 Å². The highest BCUT2D eigenvalue weighted by Gasteiger charge is 2.10. The van der Waals surface area contributed by atoms with Gasteiger partial charge in [-0.15, -0.1) is 10.2 Å². The van der Waals surface area contributed by atoms with Crippen molar-refractivity contribution < 1.29 is 9.53 Å². The first kappa shape index (κ1) is 16.3. The topological polar surface area (TPSA) is 88.8 Å². The molecule has 2 aromatic heterocycles. The molecule has 0 radical (unpaired) electrons. The van der Waals surface area contributed by atoms with Crippen LogP contribution in [0.2, 0.25) is 0 Å². The lowest BCUT2D eigenvalue weighted by molar-refractivity contribution is 0.102. The maximum atomic E-state index is 12.2. The smallest absolute Gasteiger partial charge is 0.257 e. The van der Waals surface area contributed by atoms with Gasteiger partial charge in [0.25, 0.3) is 5.91 Å². The van der Waals surface area contributed by atoms with Gasteiger partial charge in [0.2, 0.25) is 0 Å². The quantitative estimate of drug-likeness (QED) is 0.710. The van der Waals surface area contributed by atoms with Crippen LogP contribution in [0.25, 0.3) is 0 Å². The number of ether oxygens (including phenoxy) is 1. The van der Waals surface area contributed by atoms with E-state index in [-0.39, 0.29) is 5.91 Å².